The van der Waals surface area contributed by atoms with Crippen LogP contribution in [-0.2, 0) is 0 Å². The molecule has 0 aliphatic heterocycles. The molecule has 0 saturated heterocycles. The van der Waals surface area contributed by atoms with Crippen molar-refractivity contribution in [3.8, 4) is 10.6 Å². The number of carbonyl (C=O) groups is 1. The van der Waals surface area contributed by atoms with Gasteiger partial charge in [-0.3, -0.25) is 4.79 Å². The summed E-state index contributed by atoms with van der Waals surface area (Å²) in [6.07, 6.45) is 3.28. The van der Waals surface area contributed by atoms with Gasteiger partial charge in [-0.15, -0.1) is 11.3 Å². The standard InChI is InChI=1S/C15H12N2O2S/c1-10-13(6-8-19-10)14(18)17-12-4-2-11(3-5-12)15-16-7-9-20-15/h2-9H,1H3,(H,17,18). The van der Waals surface area contributed by atoms with E-state index in [-0.39, 0.29) is 5.91 Å². The minimum absolute atomic E-state index is 0.168. The van der Waals surface area contributed by atoms with Crippen LogP contribution in [0.4, 0.5) is 5.69 Å². The van der Waals surface area contributed by atoms with Gasteiger partial charge in [0.15, 0.2) is 0 Å². The first-order valence-electron chi connectivity index (χ1n) is 6.09. The second kappa shape index (κ2) is 5.30. The molecule has 3 rings (SSSR count). The quantitative estimate of drug-likeness (QED) is 0.792. The van der Waals surface area contributed by atoms with E-state index in [9.17, 15) is 4.79 Å². The number of nitrogens with zero attached hydrogens (tertiary/aromatic N) is 1. The molecule has 0 spiro atoms. The molecule has 3 aromatic rings. The maximum atomic E-state index is 12.0. The van der Waals surface area contributed by atoms with E-state index in [2.05, 4.69) is 10.3 Å². The Hall–Kier alpha value is -2.40. The van der Waals surface area contributed by atoms with E-state index in [0.717, 1.165) is 16.3 Å². The normalized spacial score (nSPS) is 10.4. The van der Waals surface area contributed by atoms with Crippen LogP contribution in [0, 0.1) is 6.92 Å². The first kappa shape index (κ1) is 12.6. The van der Waals surface area contributed by atoms with E-state index in [1.807, 2.05) is 29.6 Å². The predicted octanol–water partition coefficient (Wildman–Crippen LogP) is 3.96. The van der Waals surface area contributed by atoms with Gasteiger partial charge in [-0.05, 0) is 37.3 Å². The third-order valence-electron chi connectivity index (χ3n) is 2.93. The van der Waals surface area contributed by atoms with Gasteiger partial charge in [0, 0.05) is 22.8 Å². The first-order chi connectivity index (χ1) is 9.74. The lowest BCUT2D eigenvalue weighted by atomic mass is 10.2. The van der Waals surface area contributed by atoms with Gasteiger partial charge in [-0.25, -0.2) is 4.98 Å². The summed E-state index contributed by atoms with van der Waals surface area (Å²) in [6.45, 7) is 1.76. The number of hydrogen-bond acceptors (Lipinski definition) is 4. The molecule has 0 bridgehead atoms. The Balaban J connectivity index is 1.76. The molecule has 0 radical (unpaired) electrons. The molecule has 1 N–H and O–H groups in total. The lowest BCUT2D eigenvalue weighted by molar-refractivity contribution is 0.102. The van der Waals surface area contributed by atoms with Crippen LogP contribution in [0.5, 0.6) is 0 Å². The van der Waals surface area contributed by atoms with E-state index in [4.69, 9.17) is 4.42 Å². The van der Waals surface area contributed by atoms with Gasteiger partial charge in [-0.2, -0.15) is 0 Å². The molecular formula is C15H12N2O2S. The lowest BCUT2D eigenvalue weighted by Gasteiger charge is -2.05. The van der Waals surface area contributed by atoms with Gasteiger partial charge < -0.3 is 9.73 Å². The van der Waals surface area contributed by atoms with Crippen LogP contribution in [0.2, 0.25) is 0 Å². The van der Waals surface area contributed by atoms with Crippen molar-refractivity contribution in [1.29, 1.82) is 0 Å². The highest BCUT2D eigenvalue weighted by molar-refractivity contribution is 7.13. The number of rotatable bonds is 3. The Morgan fingerprint density at radius 2 is 2.05 bits per heavy atom. The summed E-state index contributed by atoms with van der Waals surface area (Å²) in [5.41, 5.74) is 2.34. The first-order valence-corrected chi connectivity index (χ1v) is 6.97. The van der Waals surface area contributed by atoms with Crippen molar-refractivity contribution in [2.75, 3.05) is 5.32 Å². The van der Waals surface area contributed by atoms with Crippen molar-refractivity contribution >= 4 is 22.9 Å². The van der Waals surface area contributed by atoms with Gasteiger partial charge >= 0.3 is 0 Å². The number of thiazole rings is 1. The number of anilines is 1. The van der Waals surface area contributed by atoms with Crippen molar-refractivity contribution in [2.45, 2.75) is 6.92 Å². The largest absolute Gasteiger partial charge is 0.469 e. The average Bonchev–Trinajstić information content (AvgIpc) is 3.10. The highest BCUT2D eigenvalue weighted by Crippen LogP contribution is 2.23. The highest BCUT2D eigenvalue weighted by Gasteiger charge is 2.11. The summed E-state index contributed by atoms with van der Waals surface area (Å²) in [4.78, 5) is 16.3. The number of carbonyl (C=O) groups excluding carboxylic acids is 1. The van der Waals surface area contributed by atoms with Crippen LogP contribution >= 0.6 is 11.3 Å². The molecule has 0 unspecified atom stereocenters. The van der Waals surface area contributed by atoms with Crippen molar-refractivity contribution < 1.29 is 9.21 Å². The Kier molecular flexibility index (Phi) is 3.35. The SMILES string of the molecule is Cc1occc1C(=O)Nc1ccc(-c2nccs2)cc1. The zero-order valence-electron chi connectivity index (χ0n) is 10.8. The summed E-state index contributed by atoms with van der Waals surface area (Å²) in [5, 5.41) is 5.75. The number of benzene rings is 1. The highest BCUT2D eigenvalue weighted by atomic mass is 32.1. The third-order valence-corrected chi connectivity index (χ3v) is 3.75. The molecule has 0 aliphatic rings. The zero-order chi connectivity index (χ0) is 13.9. The predicted molar refractivity (Wildman–Crippen MR) is 78.9 cm³/mol. The van der Waals surface area contributed by atoms with Crippen molar-refractivity contribution in [2.24, 2.45) is 0 Å². The van der Waals surface area contributed by atoms with E-state index in [0.29, 0.717) is 11.3 Å². The van der Waals surface area contributed by atoms with Crippen LogP contribution in [0.15, 0.2) is 52.6 Å². The van der Waals surface area contributed by atoms with Crippen molar-refractivity contribution in [3.05, 3.63) is 59.5 Å². The number of aryl methyl sites for hydroxylation is 1. The second-order valence-corrected chi connectivity index (χ2v) is 5.15. The van der Waals surface area contributed by atoms with Gasteiger partial charge in [0.25, 0.3) is 5.91 Å². The lowest BCUT2D eigenvalue weighted by Crippen LogP contribution is -2.11. The van der Waals surface area contributed by atoms with E-state index in [1.165, 1.54) is 6.26 Å². The fourth-order valence-electron chi connectivity index (χ4n) is 1.88. The number of amides is 1. The van der Waals surface area contributed by atoms with Crippen LogP contribution < -0.4 is 5.32 Å². The fourth-order valence-corrected chi connectivity index (χ4v) is 2.53. The molecule has 5 heteroatoms. The number of furan rings is 1. The average molecular weight is 284 g/mol. The van der Waals surface area contributed by atoms with E-state index >= 15 is 0 Å². The Labute approximate surface area is 120 Å². The molecule has 0 saturated carbocycles. The molecule has 20 heavy (non-hydrogen) atoms. The second-order valence-electron chi connectivity index (χ2n) is 4.26. The number of hydrogen-bond donors (Lipinski definition) is 1. The van der Waals surface area contributed by atoms with E-state index < -0.39 is 0 Å². The molecular weight excluding hydrogens is 272 g/mol. The molecule has 2 aromatic heterocycles. The number of nitrogens with one attached hydrogen (secondary N) is 1. The minimum Gasteiger partial charge on any atom is -0.469 e. The van der Waals surface area contributed by atoms with Crippen LogP contribution in [0.1, 0.15) is 16.1 Å². The monoisotopic (exact) mass is 284 g/mol. The molecule has 100 valence electrons. The van der Waals surface area contributed by atoms with Crippen LogP contribution in [-0.4, -0.2) is 10.9 Å². The Bertz CT molecular complexity index is 715. The molecule has 1 amide bonds. The fraction of sp³-hybridized carbons (Fsp3) is 0.0667. The smallest absolute Gasteiger partial charge is 0.259 e. The Morgan fingerprint density at radius 1 is 1.25 bits per heavy atom. The molecule has 0 aliphatic carbocycles. The van der Waals surface area contributed by atoms with E-state index in [1.54, 1.807) is 30.5 Å². The van der Waals surface area contributed by atoms with Crippen molar-refractivity contribution in [1.82, 2.24) is 4.98 Å². The zero-order valence-corrected chi connectivity index (χ0v) is 11.6. The van der Waals surface area contributed by atoms with Gasteiger partial charge in [0.05, 0.1) is 11.8 Å². The van der Waals surface area contributed by atoms with Gasteiger partial charge in [0.2, 0.25) is 0 Å². The van der Waals surface area contributed by atoms with Crippen LogP contribution in [0.25, 0.3) is 10.6 Å². The summed E-state index contributed by atoms with van der Waals surface area (Å²) < 4.78 is 5.12. The third kappa shape index (κ3) is 2.48. The Morgan fingerprint density at radius 3 is 2.65 bits per heavy atom. The minimum atomic E-state index is -0.168. The van der Waals surface area contributed by atoms with Crippen LogP contribution in [0.3, 0.4) is 0 Å². The van der Waals surface area contributed by atoms with Gasteiger partial charge in [0.1, 0.15) is 10.8 Å². The van der Waals surface area contributed by atoms with Gasteiger partial charge in [-0.1, -0.05) is 0 Å². The summed E-state index contributed by atoms with van der Waals surface area (Å²) in [5.74, 6) is 0.445. The molecule has 0 atom stereocenters. The molecule has 4 nitrogen and oxygen atoms in total. The maximum absolute atomic E-state index is 12.0. The topological polar surface area (TPSA) is 55.1 Å². The number of aromatic nitrogens is 1. The molecule has 0 fully saturated rings. The maximum Gasteiger partial charge on any atom is 0.259 e. The molecule has 2 heterocycles. The van der Waals surface area contributed by atoms with Crippen molar-refractivity contribution in [3.63, 3.8) is 0 Å². The summed E-state index contributed by atoms with van der Waals surface area (Å²) in [6, 6.07) is 9.27. The summed E-state index contributed by atoms with van der Waals surface area (Å²) in [7, 11) is 0. The summed E-state index contributed by atoms with van der Waals surface area (Å²) >= 11 is 1.58. The molecule has 1 aromatic carbocycles.